The molecule has 0 aromatic heterocycles. The molecule has 0 unspecified atom stereocenters. The monoisotopic (exact) mass is 315 g/mol. The normalized spacial score (nSPS) is 14.3. The van der Waals surface area contributed by atoms with E-state index in [4.69, 9.17) is 0 Å². The molecule has 126 valence electrons. The Balaban J connectivity index is 1.95. The molecule has 2 rings (SSSR count). The number of carbonyl (C=O) groups is 1. The molecule has 1 aromatic rings. The molecule has 0 aliphatic heterocycles. The lowest BCUT2D eigenvalue weighted by molar-refractivity contribution is 0.255. The third-order valence-electron chi connectivity index (χ3n) is 4.49. The van der Waals surface area contributed by atoms with Gasteiger partial charge in [0, 0.05) is 30.7 Å². The number of hydrogen-bond donors (Lipinski definition) is 2. The van der Waals surface area contributed by atoms with Gasteiger partial charge in [0.1, 0.15) is 0 Å². The lowest BCUT2D eigenvalue weighted by Crippen LogP contribution is -2.25. The van der Waals surface area contributed by atoms with E-state index >= 15 is 0 Å². The standard InChI is InChI=1S/C19H29N3O/c1-4-22(5-2)17-11-12-18(15(3)13-17)21-19(23)20-14-16-9-7-6-8-10-16/h11-14H,4-10H2,1-3H3,(H2,20,21,23). The van der Waals surface area contributed by atoms with Crippen LogP contribution in [0.5, 0.6) is 0 Å². The van der Waals surface area contributed by atoms with Gasteiger partial charge in [0.05, 0.1) is 0 Å². The van der Waals surface area contributed by atoms with Gasteiger partial charge in [-0.15, -0.1) is 0 Å². The largest absolute Gasteiger partial charge is 0.372 e. The fourth-order valence-electron chi connectivity index (χ4n) is 3.05. The van der Waals surface area contributed by atoms with Crippen molar-refractivity contribution in [3.63, 3.8) is 0 Å². The second-order valence-electron chi connectivity index (χ2n) is 6.13. The second kappa shape index (κ2) is 8.61. The van der Waals surface area contributed by atoms with Crippen molar-refractivity contribution in [2.75, 3.05) is 23.3 Å². The zero-order valence-electron chi connectivity index (χ0n) is 14.6. The summed E-state index contributed by atoms with van der Waals surface area (Å²) in [6.45, 7) is 8.30. The van der Waals surface area contributed by atoms with E-state index < -0.39 is 0 Å². The first-order valence-corrected chi connectivity index (χ1v) is 8.75. The fraction of sp³-hybridized carbons (Fsp3) is 0.526. The van der Waals surface area contributed by atoms with E-state index in [1.54, 1.807) is 0 Å². The Kier molecular flexibility index (Phi) is 6.51. The number of anilines is 2. The molecule has 0 radical (unpaired) electrons. The molecule has 0 heterocycles. The zero-order chi connectivity index (χ0) is 16.7. The quantitative estimate of drug-likeness (QED) is 0.819. The van der Waals surface area contributed by atoms with Crippen LogP contribution in [0.4, 0.5) is 16.2 Å². The van der Waals surface area contributed by atoms with Crippen LogP contribution in [0.1, 0.15) is 51.5 Å². The first-order chi connectivity index (χ1) is 11.1. The Hall–Kier alpha value is -1.97. The second-order valence-corrected chi connectivity index (χ2v) is 6.13. The molecular formula is C19H29N3O. The molecule has 0 atom stereocenters. The van der Waals surface area contributed by atoms with Gasteiger partial charge in [-0.2, -0.15) is 0 Å². The topological polar surface area (TPSA) is 44.4 Å². The molecule has 2 amide bonds. The predicted octanol–water partition coefficient (Wildman–Crippen LogP) is 4.81. The molecule has 0 saturated heterocycles. The summed E-state index contributed by atoms with van der Waals surface area (Å²) in [5.41, 5.74) is 4.48. The molecule has 0 bridgehead atoms. The maximum atomic E-state index is 12.1. The SMILES string of the molecule is CCN(CC)c1ccc(NC(=O)NC=C2CCCCC2)c(C)c1. The smallest absolute Gasteiger partial charge is 0.323 e. The summed E-state index contributed by atoms with van der Waals surface area (Å²) in [5.74, 6) is 0. The highest BCUT2D eigenvalue weighted by atomic mass is 16.2. The number of hydrogen-bond acceptors (Lipinski definition) is 2. The first-order valence-electron chi connectivity index (χ1n) is 8.75. The number of urea groups is 1. The predicted molar refractivity (Wildman–Crippen MR) is 98.1 cm³/mol. The van der Waals surface area contributed by atoms with Gasteiger partial charge in [-0.3, -0.25) is 0 Å². The Morgan fingerprint density at radius 3 is 2.48 bits per heavy atom. The number of carbonyl (C=O) groups excluding carboxylic acids is 1. The average molecular weight is 315 g/mol. The van der Waals surface area contributed by atoms with Crippen LogP contribution >= 0.6 is 0 Å². The zero-order valence-corrected chi connectivity index (χ0v) is 14.6. The molecule has 0 spiro atoms. The Labute approximate surface area is 140 Å². The van der Waals surface area contributed by atoms with Crippen LogP contribution in [0, 0.1) is 6.92 Å². The summed E-state index contributed by atoms with van der Waals surface area (Å²) in [4.78, 5) is 14.4. The van der Waals surface area contributed by atoms with Gasteiger partial charge in [0.25, 0.3) is 0 Å². The van der Waals surface area contributed by atoms with Gasteiger partial charge in [0.2, 0.25) is 0 Å². The van der Waals surface area contributed by atoms with Crippen LogP contribution in [0.25, 0.3) is 0 Å². The third kappa shape index (κ3) is 5.02. The molecule has 1 fully saturated rings. The highest BCUT2D eigenvalue weighted by Gasteiger charge is 2.08. The van der Waals surface area contributed by atoms with Crippen molar-refractivity contribution >= 4 is 17.4 Å². The summed E-state index contributed by atoms with van der Waals surface area (Å²) < 4.78 is 0. The number of benzene rings is 1. The van der Waals surface area contributed by atoms with Gasteiger partial charge >= 0.3 is 6.03 Å². The van der Waals surface area contributed by atoms with Gasteiger partial charge in [-0.1, -0.05) is 12.0 Å². The molecule has 4 nitrogen and oxygen atoms in total. The van der Waals surface area contributed by atoms with E-state index in [2.05, 4.69) is 41.5 Å². The van der Waals surface area contributed by atoms with Gasteiger partial charge in [-0.05, 0) is 70.2 Å². The molecule has 23 heavy (non-hydrogen) atoms. The van der Waals surface area contributed by atoms with Crippen LogP contribution < -0.4 is 15.5 Å². The average Bonchev–Trinajstić information content (AvgIpc) is 2.57. The van der Waals surface area contributed by atoms with Crippen molar-refractivity contribution in [3.05, 3.63) is 35.5 Å². The van der Waals surface area contributed by atoms with Crippen molar-refractivity contribution in [1.82, 2.24) is 5.32 Å². The van der Waals surface area contributed by atoms with E-state index in [0.29, 0.717) is 0 Å². The summed E-state index contributed by atoms with van der Waals surface area (Å²) in [5, 5.41) is 5.80. The van der Waals surface area contributed by atoms with Gasteiger partial charge < -0.3 is 15.5 Å². The van der Waals surface area contributed by atoms with Crippen molar-refractivity contribution in [1.29, 1.82) is 0 Å². The minimum absolute atomic E-state index is 0.165. The molecule has 1 aromatic carbocycles. The minimum atomic E-state index is -0.165. The Bertz CT molecular complexity index is 554. The van der Waals surface area contributed by atoms with Crippen molar-refractivity contribution in [2.24, 2.45) is 0 Å². The van der Waals surface area contributed by atoms with E-state index in [0.717, 1.165) is 37.2 Å². The van der Waals surface area contributed by atoms with E-state index in [9.17, 15) is 4.79 Å². The number of aryl methyl sites for hydroxylation is 1. The van der Waals surface area contributed by atoms with Crippen LogP contribution in [-0.4, -0.2) is 19.1 Å². The maximum absolute atomic E-state index is 12.1. The number of rotatable bonds is 5. The van der Waals surface area contributed by atoms with E-state index in [1.165, 1.54) is 30.5 Å². The molecule has 4 heteroatoms. The van der Waals surface area contributed by atoms with E-state index in [-0.39, 0.29) is 6.03 Å². The molecule has 1 saturated carbocycles. The van der Waals surface area contributed by atoms with Crippen molar-refractivity contribution in [2.45, 2.75) is 52.9 Å². The van der Waals surface area contributed by atoms with E-state index in [1.807, 2.05) is 19.2 Å². The lowest BCUT2D eigenvalue weighted by Gasteiger charge is -2.22. The highest BCUT2D eigenvalue weighted by molar-refractivity contribution is 5.91. The lowest BCUT2D eigenvalue weighted by atomic mass is 9.96. The first kappa shape index (κ1) is 17.4. The number of allylic oxidation sites excluding steroid dienone is 1. The molecule has 2 N–H and O–H groups in total. The molecular weight excluding hydrogens is 286 g/mol. The van der Waals surface area contributed by atoms with Crippen molar-refractivity contribution < 1.29 is 4.79 Å². The van der Waals surface area contributed by atoms with Crippen LogP contribution in [0.3, 0.4) is 0 Å². The van der Waals surface area contributed by atoms with Gasteiger partial charge in [0.15, 0.2) is 0 Å². The maximum Gasteiger partial charge on any atom is 0.323 e. The summed E-state index contributed by atoms with van der Waals surface area (Å²) in [6.07, 6.45) is 7.88. The number of nitrogens with zero attached hydrogens (tertiary/aromatic N) is 1. The Morgan fingerprint density at radius 2 is 1.87 bits per heavy atom. The summed E-state index contributed by atoms with van der Waals surface area (Å²) in [6, 6.07) is 6.01. The van der Waals surface area contributed by atoms with Crippen LogP contribution in [0.15, 0.2) is 30.0 Å². The number of amides is 2. The minimum Gasteiger partial charge on any atom is -0.372 e. The van der Waals surface area contributed by atoms with Crippen molar-refractivity contribution in [3.8, 4) is 0 Å². The Morgan fingerprint density at radius 1 is 1.17 bits per heavy atom. The van der Waals surface area contributed by atoms with Crippen LogP contribution in [0.2, 0.25) is 0 Å². The van der Waals surface area contributed by atoms with Crippen LogP contribution in [-0.2, 0) is 0 Å². The molecule has 1 aliphatic carbocycles. The highest BCUT2D eigenvalue weighted by Crippen LogP contribution is 2.23. The summed E-state index contributed by atoms with van der Waals surface area (Å²) in [7, 11) is 0. The summed E-state index contributed by atoms with van der Waals surface area (Å²) >= 11 is 0. The fourth-order valence-corrected chi connectivity index (χ4v) is 3.05. The number of nitrogens with one attached hydrogen (secondary N) is 2. The van der Waals surface area contributed by atoms with Gasteiger partial charge in [-0.25, -0.2) is 4.79 Å². The molecule has 1 aliphatic rings. The third-order valence-corrected chi connectivity index (χ3v) is 4.49.